The fourth-order valence-corrected chi connectivity index (χ4v) is 2.08. The Hall–Kier alpha value is -0.0800. The maximum Gasteiger partial charge on any atom is 0.123 e. The molecule has 3 heteroatoms. The van der Waals surface area contributed by atoms with Crippen LogP contribution in [0, 0.1) is 11.2 Å². The third kappa shape index (κ3) is 3.46. The lowest BCUT2D eigenvalue weighted by atomic mass is 9.83. The first-order chi connectivity index (χ1) is 7.00. The Morgan fingerprint density at radius 3 is 2.67 bits per heavy atom. The molecule has 0 radical (unpaired) electrons. The van der Waals surface area contributed by atoms with Crippen molar-refractivity contribution < 1.29 is 4.39 Å². The third-order valence-corrected chi connectivity index (χ3v) is 4.22. The molecule has 0 heterocycles. The van der Waals surface area contributed by atoms with Crippen molar-refractivity contribution >= 4 is 27.5 Å². The summed E-state index contributed by atoms with van der Waals surface area (Å²) in [7, 11) is 0. The van der Waals surface area contributed by atoms with E-state index in [0.29, 0.717) is 5.88 Å². The number of hydrogen-bond acceptors (Lipinski definition) is 0. The normalized spacial score (nSPS) is 15.0. The Kier molecular flexibility index (Phi) is 4.60. The van der Waals surface area contributed by atoms with E-state index < -0.39 is 0 Å². The molecule has 1 atom stereocenters. The van der Waals surface area contributed by atoms with Crippen LogP contribution in [0.1, 0.15) is 25.8 Å². The van der Waals surface area contributed by atoms with Crippen molar-refractivity contribution in [2.75, 3.05) is 5.88 Å². The molecule has 1 aromatic carbocycles. The Morgan fingerprint density at radius 2 is 2.13 bits per heavy atom. The van der Waals surface area contributed by atoms with Gasteiger partial charge < -0.3 is 0 Å². The molecule has 0 aliphatic heterocycles. The van der Waals surface area contributed by atoms with E-state index in [2.05, 4.69) is 29.8 Å². The highest BCUT2D eigenvalue weighted by atomic mass is 79.9. The van der Waals surface area contributed by atoms with Gasteiger partial charge in [-0.2, -0.15) is 0 Å². The minimum atomic E-state index is -0.193. The van der Waals surface area contributed by atoms with Gasteiger partial charge in [0.25, 0.3) is 0 Å². The van der Waals surface area contributed by atoms with Gasteiger partial charge in [-0.15, -0.1) is 11.6 Å². The summed E-state index contributed by atoms with van der Waals surface area (Å²) in [5, 5.41) is 0. The lowest BCUT2D eigenvalue weighted by Crippen LogP contribution is -2.20. The van der Waals surface area contributed by atoms with E-state index in [1.807, 2.05) is 0 Å². The van der Waals surface area contributed by atoms with Crippen LogP contribution in [0.5, 0.6) is 0 Å². The zero-order chi connectivity index (χ0) is 11.5. The fraction of sp³-hybridized carbons (Fsp3) is 0.500. The minimum Gasteiger partial charge on any atom is -0.207 e. The number of alkyl halides is 1. The molecular formula is C12H15BrClF. The average Bonchev–Trinajstić information content (AvgIpc) is 2.23. The Labute approximate surface area is 104 Å². The van der Waals surface area contributed by atoms with Gasteiger partial charge in [0.2, 0.25) is 0 Å². The predicted octanol–water partition coefficient (Wildman–Crippen LogP) is 4.79. The van der Waals surface area contributed by atoms with Crippen LogP contribution in [0.3, 0.4) is 0 Å². The highest BCUT2D eigenvalue weighted by molar-refractivity contribution is 9.10. The van der Waals surface area contributed by atoms with Crippen molar-refractivity contribution in [3.05, 3.63) is 34.1 Å². The van der Waals surface area contributed by atoms with Crippen molar-refractivity contribution in [3.63, 3.8) is 0 Å². The topological polar surface area (TPSA) is 0 Å². The van der Waals surface area contributed by atoms with E-state index in [-0.39, 0.29) is 11.2 Å². The quantitative estimate of drug-likeness (QED) is 0.700. The number of halogens is 3. The van der Waals surface area contributed by atoms with Crippen LogP contribution < -0.4 is 0 Å². The summed E-state index contributed by atoms with van der Waals surface area (Å²) in [5.41, 5.74) is 1.03. The molecule has 0 saturated carbocycles. The molecular weight excluding hydrogens is 278 g/mol. The molecule has 0 spiro atoms. The first-order valence-electron chi connectivity index (χ1n) is 5.00. The molecule has 0 aliphatic carbocycles. The molecule has 0 N–H and O–H groups in total. The van der Waals surface area contributed by atoms with E-state index in [1.165, 1.54) is 6.07 Å². The molecule has 15 heavy (non-hydrogen) atoms. The van der Waals surface area contributed by atoms with Crippen molar-refractivity contribution in [2.24, 2.45) is 5.41 Å². The molecule has 0 nitrogen and oxygen atoms in total. The molecule has 0 fully saturated rings. The van der Waals surface area contributed by atoms with Gasteiger partial charge in [-0.3, -0.25) is 0 Å². The largest absolute Gasteiger partial charge is 0.207 e. The van der Waals surface area contributed by atoms with E-state index in [1.54, 1.807) is 12.1 Å². The van der Waals surface area contributed by atoms with Gasteiger partial charge in [0.1, 0.15) is 5.82 Å². The van der Waals surface area contributed by atoms with Gasteiger partial charge in [-0.25, -0.2) is 4.39 Å². The minimum absolute atomic E-state index is 0.0396. The van der Waals surface area contributed by atoms with Crippen molar-refractivity contribution in [3.8, 4) is 0 Å². The van der Waals surface area contributed by atoms with Gasteiger partial charge in [-0.1, -0.05) is 29.8 Å². The first kappa shape index (κ1) is 13.0. The molecule has 0 aromatic heterocycles. The van der Waals surface area contributed by atoms with Crippen molar-refractivity contribution in [1.82, 2.24) is 0 Å². The standard InChI is InChI=1S/C12H15BrClF/c1-3-12(2,8-14)7-9-6-10(15)4-5-11(9)13/h4-6H,3,7-8H2,1-2H3. The summed E-state index contributed by atoms with van der Waals surface area (Å²) in [5.74, 6) is 0.396. The summed E-state index contributed by atoms with van der Waals surface area (Å²) in [6.45, 7) is 4.23. The second-order valence-corrected chi connectivity index (χ2v) is 5.33. The van der Waals surface area contributed by atoms with Crippen LogP contribution >= 0.6 is 27.5 Å². The van der Waals surface area contributed by atoms with Crippen LogP contribution in [0.2, 0.25) is 0 Å². The summed E-state index contributed by atoms with van der Waals surface area (Å²) in [6, 6.07) is 4.77. The van der Waals surface area contributed by atoms with E-state index in [0.717, 1.165) is 22.9 Å². The van der Waals surface area contributed by atoms with Crippen LogP contribution in [-0.2, 0) is 6.42 Å². The smallest absolute Gasteiger partial charge is 0.123 e. The van der Waals surface area contributed by atoms with Crippen molar-refractivity contribution in [2.45, 2.75) is 26.7 Å². The second-order valence-electron chi connectivity index (χ2n) is 4.21. The predicted molar refractivity (Wildman–Crippen MR) is 66.9 cm³/mol. The van der Waals surface area contributed by atoms with Crippen LogP contribution in [0.4, 0.5) is 4.39 Å². The van der Waals surface area contributed by atoms with Gasteiger partial charge >= 0.3 is 0 Å². The molecule has 0 bridgehead atoms. The molecule has 0 saturated heterocycles. The summed E-state index contributed by atoms with van der Waals surface area (Å²) < 4.78 is 14.0. The van der Waals surface area contributed by atoms with Gasteiger partial charge in [-0.05, 0) is 42.0 Å². The zero-order valence-corrected chi connectivity index (χ0v) is 11.3. The molecule has 1 rings (SSSR count). The molecule has 1 aromatic rings. The van der Waals surface area contributed by atoms with E-state index in [4.69, 9.17) is 11.6 Å². The summed E-state index contributed by atoms with van der Waals surface area (Å²) in [4.78, 5) is 0. The zero-order valence-electron chi connectivity index (χ0n) is 8.99. The molecule has 0 amide bonds. The van der Waals surface area contributed by atoms with Crippen LogP contribution in [0.15, 0.2) is 22.7 Å². The molecule has 1 unspecified atom stereocenters. The third-order valence-electron chi connectivity index (χ3n) is 2.80. The summed E-state index contributed by atoms with van der Waals surface area (Å²) in [6.07, 6.45) is 1.78. The Bertz CT molecular complexity index is 334. The Morgan fingerprint density at radius 1 is 1.47 bits per heavy atom. The Balaban J connectivity index is 2.92. The monoisotopic (exact) mass is 292 g/mol. The molecule has 84 valence electrons. The fourth-order valence-electron chi connectivity index (χ4n) is 1.41. The van der Waals surface area contributed by atoms with Crippen molar-refractivity contribution in [1.29, 1.82) is 0 Å². The highest BCUT2D eigenvalue weighted by Crippen LogP contribution is 2.31. The average molecular weight is 294 g/mol. The first-order valence-corrected chi connectivity index (χ1v) is 6.33. The molecule has 0 aliphatic rings. The number of benzene rings is 1. The lowest BCUT2D eigenvalue weighted by Gasteiger charge is -2.26. The van der Waals surface area contributed by atoms with Crippen LogP contribution in [-0.4, -0.2) is 5.88 Å². The lowest BCUT2D eigenvalue weighted by molar-refractivity contribution is 0.354. The highest BCUT2D eigenvalue weighted by Gasteiger charge is 2.22. The number of rotatable bonds is 4. The number of hydrogen-bond donors (Lipinski definition) is 0. The second kappa shape index (κ2) is 5.31. The maximum absolute atomic E-state index is 13.1. The SMILES string of the molecule is CCC(C)(CCl)Cc1cc(F)ccc1Br. The van der Waals surface area contributed by atoms with Crippen LogP contribution in [0.25, 0.3) is 0 Å². The van der Waals surface area contributed by atoms with Gasteiger partial charge in [0, 0.05) is 10.4 Å². The van der Waals surface area contributed by atoms with E-state index >= 15 is 0 Å². The van der Waals surface area contributed by atoms with Gasteiger partial charge in [0.05, 0.1) is 0 Å². The maximum atomic E-state index is 13.1. The summed E-state index contributed by atoms with van der Waals surface area (Å²) >= 11 is 9.37. The van der Waals surface area contributed by atoms with E-state index in [9.17, 15) is 4.39 Å². The van der Waals surface area contributed by atoms with Gasteiger partial charge in [0.15, 0.2) is 0 Å².